The molecule has 134 valence electrons. The third kappa shape index (κ3) is 3.57. The summed E-state index contributed by atoms with van der Waals surface area (Å²) in [7, 11) is 0. The lowest BCUT2D eigenvalue weighted by Gasteiger charge is -2.34. The zero-order valence-corrected chi connectivity index (χ0v) is 15.1. The van der Waals surface area contributed by atoms with Crippen LogP contribution in [0.3, 0.4) is 0 Å². The van der Waals surface area contributed by atoms with Crippen LogP contribution in [0.4, 0.5) is 4.79 Å². The van der Waals surface area contributed by atoms with Crippen molar-refractivity contribution in [3.63, 3.8) is 0 Å². The molecule has 1 aliphatic heterocycles. The summed E-state index contributed by atoms with van der Waals surface area (Å²) in [6, 6.07) is 7.83. The molecule has 8 heteroatoms. The highest BCUT2D eigenvalue weighted by molar-refractivity contribution is 6.42. The molecule has 4 amide bonds. The van der Waals surface area contributed by atoms with E-state index >= 15 is 0 Å². The van der Waals surface area contributed by atoms with Crippen molar-refractivity contribution in [1.82, 2.24) is 15.6 Å². The Bertz CT molecular complexity index is 851. The molecule has 1 fully saturated rings. The molecule has 0 unspecified atom stereocenters. The average Bonchev–Trinajstić information content (AvgIpc) is 2.61. The summed E-state index contributed by atoms with van der Waals surface area (Å²) in [6.45, 7) is 0. The molecule has 6 nitrogen and oxygen atoms in total. The average molecular weight is 392 g/mol. The Hall–Kier alpha value is -2.44. The van der Waals surface area contributed by atoms with E-state index in [0.717, 1.165) is 5.56 Å². The molecule has 2 N–H and O–H groups in total. The van der Waals surface area contributed by atoms with E-state index < -0.39 is 23.3 Å². The quantitative estimate of drug-likeness (QED) is 0.766. The monoisotopic (exact) mass is 391 g/mol. The van der Waals surface area contributed by atoms with Crippen LogP contribution in [-0.2, 0) is 22.4 Å². The van der Waals surface area contributed by atoms with Gasteiger partial charge in [0, 0.05) is 12.4 Å². The highest BCUT2D eigenvalue weighted by Gasteiger charge is 2.50. The minimum atomic E-state index is -1.47. The van der Waals surface area contributed by atoms with Crippen LogP contribution in [-0.4, -0.2) is 22.8 Å². The minimum Gasteiger partial charge on any atom is -0.277 e. The van der Waals surface area contributed by atoms with Gasteiger partial charge in [-0.05, 0) is 48.6 Å². The maximum Gasteiger partial charge on any atom is 0.328 e. The van der Waals surface area contributed by atoms with Crippen LogP contribution in [0, 0.1) is 5.41 Å². The van der Waals surface area contributed by atoms with Gasteiger partial charge >= 0.3 is 6.03 Å². The summed E-state index contributed by atoms with van der Waals surface area (Å²) in [6.07, 6.45) is 3.96. The number of carbonyl (C=O) groups excluding carboxylic acids is 3. The van der Waals surface area contributed by atoms with E-state index in [1.54, 1.807) is 30.6 Å². The molecule has 2 heterocycles. The number of amides is 4. The molecule has 0 bridgehead atoms. The summed E-state index contributed by atoms with van der Waals surface area (Å²) in [5.41, 5.74) is 0.0218. The van der Waals surface area contributed by atoms with Crippen molar-refractivity contribution in [3.8, 4) is 0 Å². The van der Waals surface area contributed by atoms with Crippen LogP contribution in [0.2, 0.25) is 10.0 Å². The number of nitrogens with zero attached hydrogens (tertiary/aromatic N) is 1. The second-order valence-corrected chi connectivity index (χ2v) is 6.85. The van der Waals surface area contributed by atoms with Crippen molar-refractivity contribution in [2.45, 2.75) is 19.3 Å². The first-order chi connectivity index (χ1) is 12.4. The number of halogens is 2. The van der Waals surface area contributed by atoms with Crippen molar-refractivity contribution < 1.29 is 14.4 Å². The Labute approximate surface area is 159 Å². The molecular formula is C18H15Cl2N3O3. The maximum absolute atomic E-state index is 12.7. The van der Waals surface area contributed by atoms with Crippen LogP contribution in [0.1, 0.15) is 17.5 Å². The number of benzene rings is 1. The smallest absolute Gasteiger partial charge is 0.277 e. The maximum atomic E-state index is 12.7. The van der Waals surface area contributed by atoms with E-state index in [4.69, 9.17) is 23.2 Å². The van der Waals surface area contributed by atoms with Gasteiger partial charge in [0.1, 0.15) is 5.41 Å². The minimum absolute atomic E-state index is 0.0302. The predicted octanol–water partition coefficient (Wildman–Crippen LogP) is 2.92. The van der Waals surface area contributed by atoms with Crippen molar-refractivity contribution in [2.24, 2.45) is 5.41 Å². The van der Waals surface area contributed by atoms with Crippen LogP contribution in [0.25, 0.3) is 0 Å². The van der Waals surface area contributed by atoms with E-state index in [2.05, 4.69) is 15.6 Å². The summed E-state index contributed by atoms with van der Waals surface area (Å²) in [5, 5.41) is 5.01. The number of nitrogens with one attached hydrogen (secondary N) is 2. The molecule has 0 spiro atoms. The van der Waals surface area contributed by atoms with Gasteiger partial charge in [-0.15, -0.1) is 0 Å². The van der Waals surface area contributed by atoms with E-state index in [9.17, 15) is 14.4 Å². The molecule has 26 heavy (non-hydrogen) atoms. The summed E-state index contributed by atoms with van der Waals surface area (Å²) >= 11 is 12.3. The first kappa shape index (κ1) is 18.4. The van der Waals surface area contributed by atoms with Crippen molar-refractivity contribution in [3.05, 3.63) is 63.9 Å². The van der Waals surface area contributed by atoms with Crippen molar-refractivity contribution >= 4 is 41.0 Å². The summed E-state index contributed by atoms with van der Waals surface area (Å²) < 4.78 is 0. The zero-order chi connectivity index (χ0) is 18.7. The molecule has 3 rings (SSSR count). The number of urea groups is 1. The fraction of sp³-hybridized carbons (Fsp3) is 0.222. The number of carbonyl (C=O) groups is 3. The second-order valence-electron chi connectivity index (χ2n) is 6.06. The van der Waals surface area contributed by atoms with E-state index in [-0.39, 0.29) is 17.9 Å². The van der Waals surface area contributed by atoms with Gasteiger partial charge in [0.2, 0.25) is 11.8 Å². The Balaban J connectivity index is 1.95. The number of hydrogen-bond donors (Lipinski definition) is 2. The molecule has 2 aromatic rings. The normalized spacial score (nSPS) is 16.2. The van der Waals surface area contributed by atoms with Gasteiger partial charge < -0.3 is 0 Å². The second kappa shape index (κ2) is 7.43. The molecular weight excluding hydrogens is 377 g/mol. The Morgan fingerprint density at radius 1 is 0.962 bits per heavy atom. The molecule has 0 atom stereocenters. The number of aryl methyl sites for hydroxylation is 1. The summed E-state index contributed by atoms with van der Waals surface area (Å²) in [5.74, 6) is -1.28. The van der Waals surface area contributed by atoms with Crippen molar-refractivity contribution in [2.75, 3.05) is 0 Å². The van der Waals surface area contributed by atoms with Gasteiger partial charge in [-0.2, -0.15) is 0 Å². The lowest BCUT2D eigenvalue weighted by Crippen LogP contribution is -2.63. The Morgan fingerprint density at radius 2 is 1.62 bits per heavy atom. The van der Waals surface area contributed by atoms with Gasteiger partial charge in [-0.1, -0.05) is 35.3 Å². The SMILES string of the molecule is O=C1NC(=O)C(CCc2ccncc2)(Cc2cccc(Cl)c2Cl)C(=O)N1. The van der Waals surface area contributed by atoms with Gasteiger partial charge in [0.25, 0.3) is 0 Å². The topological polar surface area (TPSA) is 88.2 Å². The third-order valence-corrected chi connectivity index (χ3v) is 5.30. The van der Waals surface area contributed by atoms with Crippen LogP contribution >= 0.6 is 23.2 Å². The van der Waals surface area contributed by atoms with Gasteiger partial charge in [-0.3, -0.25) is 25.2 Å². The lowest BCUT2D eigenvalue weighted by molar-refractivity contribution is -0.144. The van der Waals surface area contributed by atoms with Gasteiger partial charge in [-0.25, -0.2) is 4.79 Å². The van der Waals surface area contributed by atoms with Crippen LogP contribution < -0.4 is 10.6 Å². The number of imide groups is 2. The van der Waals surface area contributed by atoms with Gasteiger partial charge in [0.05, 0.1) is 10.0 Å². The van der Waals surface area contributed by atoms with Crippen LogP contribution in [0.5, 0.6) is 0 Å². The first-order valence-electron chi connectivity index (χ1n) is 7.91. The third-order valence-electron chi connectivity index (χ3n) is 4.44. The number of rotatable bonds is 5. The number of hydrogen-bond acceptors (Lipinski definition) is 4. The molecule has 1 aliphatic rings. The molecule has 0 radical (unpaired) electrons. The standard InChI is InChI=1S/C18H15Cl2N3O3/c19-13-3-1-2-12(14(13)20)10-18(7-4-11-5-8-21-9-6-11)15(24)22-17(26)23-16(18)25/h1-3,5-6,8-9H,4,7,10H2,(H2,22,23,24,25,26). The van der Waals surface area contributed by atoms with E-state index in [1.165, 1.54) is 0 Å². The lowest BCUT2D eigenvalue weighted by atomic mass is 9.74. The Kier molecular flexibility index (Phi) is 5.25. The number of barbiturate groups is 1. The zero-order valence-electron chi connectivity index (χ0n) is 13.6. The van der Waals surface area contributed by atoms with Crippen molar-refractivity contribution in [1.29, 1.82) is 0 Å². The Morgan fingerprint density at radius 3 is 2.27 bits per heavy atom. The highest BCUT2D eigenvalue weighted by Crippen LogP contribution is 2.36. The molecule has 1 saturated heterocycles. The highest BCUT2D eigenvalue weighted by atomic mass is 35.5. The predicted molar refractivity (Wildman–Crippen MR) is 96.8 cm³/mol. The number of pyridine rings is 1. The van der Waals surface area contributed by atoms with Crippen LogP contribution in [0.15, 0.2) is 42.7 Å². The van der Waals surface area contributed by atoms with E-state index in [0.29, 0.717) is 17.0 Å². The molecule has 1 aromatic carbocycles. The number of aromatic nitrogens is 1. The fourth-order valence-electron chi connectivity index (χ4n) is 2.97. The molecule has 1 aromatic heterocycles. The first-order valence-corrected chi connectivity index (χ1v) is 8.66. The van der Waals surface area contributed by atoms with E-state index in [1.807, 2.05) is 12.1 Å². The fourth-order valence-corrected chi connectivity index (χ4v) is 3.36. The summed E-state index contributed by atoms with van der Waals surface area (Å²) in [4.78, 5) is 40.8. The van der Waals surface area contributed by atoms with Gasteiger partial charge in [0.15, 0.2) is 0 Å². The molecule has 0 saturated carbocycles. The molecule has 0 aliphatic carbocycles. The largest absolute Gasteiger partial charge is 0.328 e.